The van der Waals surface area contributed by atoms with Crippen molar-refractivity contribution in [2.24, 2.45) is 5.92 Å². The minimum absolute atomic E-state index is 0.167. The zero-order valence-electron chi connectivity index (χ0n) is 14.7. The van der Waals surface area contributed by atoms with Crippen molar-refractivity contribution < 1.29 is 14.7 Å². The molecular formula is C18H19N5O3. The first-order chi connectivity index (χ1) is 12.4. The largest absolute Gasteiger partial charge is 0.481 e. The molecule has 0 saturated heterocycles. The zero-order valence-corrected chi connectivity index (χ0v) is 14.7. The van der Waals surface area contributed by atoms with Gasteiger partial charge in [0.05, 0.1) is 22.8 Å². The van der Waals surface area contributed by atoms with E-state index >= 15 is 0 Å². The van der Waals surface area contributed by atoms with Gasteiger partial charge in [0.15, 0.2) is 5.69 Å². The van der Waals surface area contributed by atoms with Crippen LogP contribution in [0, 0.1) is 12.8 Å². The topological polar surface area (TPSA) is 110 Å². The zero-order chi connectivity index (χ0) is 18.8. The van der Waals surface area contributed by atoms with Gasteiger partial charge in [-0.05, 0) is 45.0 Å². The highest BCUT2D eigenvalue weighted by Crippen LogP contribution is 2.18. The van der Waals surface area contributed by atoms with Crippen molar-refractivity contribution in [1.82, 2.24) is 25.3 Å². The summed E-state index contributed by atoms with van der Waals surface area (Å²) in [5, 5.41) is 20.7. The van der Waals surface area contributed by atoms with Gasteiger partial charge in [0.25, 0.3) is 5.91 Å². The lowest BCUT2D eigenvalue weighted by Crippen LogP contribution is -2.40. The molecule has 2 unspecified atom stereocenters. The molecule has 26 heavy (non-hydrogen) atoms. The number of nitrogens with zero attached hydrogens (tertiary/aromatic N) is 4. The molecule has 0 fully saturated rings. The van der Waals surface area contributed by atoms with E-state index in [9.17, 15) is 9.59 Å². The molecule has 1 aromatic carbocycles. The van der Waals surface area contributed by atoms with E-state index in [1.165, 1.54) is 0 Å². The van der Waals surface area contributed by atoms with Crippen molar-refractivity contribution in [2.45, 2.75) is 26.8 Å². The molecule has 2 N–H and O–H groups in total. The molecule has 0 bridgehead atoms. The van der Waals surface area contributed by atoms with Gasteiger partial charge in [-0.25, -0.2) is 4.68 Å². The molecule has 2 aromatic heterocycles. The number of carbonyl (C=O) groups excluding carboxylic acids is 1. The highest BCUT2D eigenvalue weighted by Gasteiger charge is 2.24. The molecule has 134 valence electrons. The van der Waals surface area contributed by atoms with Gasteiger partial charge < -0.3 is 10.4 Å². The molecule has 0 spiro atoms. The first-order valence-electron chi connectivity index (χ1n) is 8.19. The number of fused-ring (bicyclic) bond motifs is 1. The first-order valence-corrected chi connectivity index (χ1v) is 8.19. The SMILES string of the molecule is Cc1c(C(=O)NC(C)C(C)C(=O)O)nnn1-c1ccc2ncccc2c1. The number of nitrogens with one attached hydrogen (secondary N) is 1. The monoisotopic (exact) mass is 353 g/mol. The Labute approximate surface area is 149 Å². The lowest BCUT2D eigenvalue weighted by molar-refractivity contribution is -0.141. The van der Waals surface area contributed by atoms with Crippen molar-refractivity contribution in [1.29, 1.82) is 0 Å². The first kappa shape index (κ1) is 17.5. The van der Waals surface area contributed by atoms with E-state index in [2.05, 4.69) is 20.6 Å². The standard InChI is InChI=1S/C18H19N5O3/c1-10(18(25)26)11(2)20-17(24)16-12(3)23(22-21-16)14-6-7-15-13(9-14)5-4-8-19-15/h4-11H,1-3H3,(H,20,24)(H,25,26). The second-order valence-corrected chi connectivity index (χ2v) is 6.20. The van der Waals surface area contributed by atoms with E-state index in [1.54, 1.807) is 31.6 Å². The number of pyridine rings is 1. The Balaban J connectivity index is 1.87. The number of carboxylic acids is 1. The van der Waals surface area contributed by atoms with E-state index in [4.69, 9.17) is 5.11 Å². The summed E-state index contributed by atoms with van der Waals surface area (Å²) in [6.45, 7) is 4.93. The maximum Gasteiger partial charge on any atom is 0.308 e. The van der Waals surface area contributed by atoms with Crippen LogP contribution < -0.4 is 5.32 Å². The number of amides is 1. The maximum atomic E-state index is 12.4. The number of hydrogen-bond acceptors (Lipinski definition) is 5. The van der Waals surface area contributed by atoms with Crippen LogP contribution in [0.2, 0.25) is 0 Å². The third-order valence-electron chi connectivity index (χ3n) is 4.44. The predicted octanol–water partition coefficient (Wildman–Crippen LogP) is 1.96. The van der Waals surface area contributed by atoms with Gasteiger partial charge in [-0.2, -0.15) is 0 Å². The van der Waals surface area contributed by atoms with Gasteiger partial charge in [0, 0.05) is 17.6 Å². The Morgan fingerprint density at radius 2 is 2.00 bits per heavy atom. The minimum Gasteiger partial charge on any atom is -0.481 e. The van der Waals surface area contributed by atoms with Crippen LogP contribution in [0.5, 0.6) is 0 Å². The van der Waals surface area contributed by atoms with Crippen molar-refractivity contribution in [3.8, 4) is 5.69 Å². The summed E-state index contributed by atoms with van der Waals surface area (Å²) in [7, 11) is 0. The van der Waals surface area contributed by atoms with Gasteiger partial charge in [-0.1, -0.05) is 11.3 Å². The van der Waals surface area contributed by atoms with E-state index in [1.807, 2.05) is 30.3 Å². The van der Waals surface area contributed by atoms with Crippen LogP contribution in [0.25, 0.3) is 16.6 Å². The van der Waals surface area contributed by atoms with Crippen molar-refractivity contribution >= 4 is 22.8 Å². The second-order valence-electron chi connectivity index (χ2n) is 6.20. The van der Waals surface area contributed by atoms with Crippen molar-refractivity contribution in [3.05, 3.63) is 47.9 Å². The number of benzene rings is 1. The molecule has 8 heteroatoms. The van der Waals surface area contributed by atoms with Crippen LogP contribution >= 0.6 is 0 Å². The summed E-state index contributed by atoms with van der Waals surface area (Å²) in [5.74, 6) is -2.12. The van der Waals surface area contributed by atoms with Crippen LogP contribution in [0.15, 0.2) is 36.5 Å². The summed E-state index contributed by atoms with van der Waals surface area (Å²) in [4.78, 5) is 27.7. The molecular weight excluding hydrogens is 334 g/mol. The second kappa shape index (κ2) is 6.91. The summed E-state index contributed by atoms with van der Waals surface area (Å²) in [6, 6.07) is 8.91. The van der Waals surface area contributed by atoms with Crippen LogP contribution in [0.1, 0.15) is 30.0 Å². The number of carbonyl (C=O) groups is 2. The lowest BCUT2D eigenvalue weighted by atomic mass is 10.0. The summed E-state index contributed by atoms with van der Waals surface area (Å²) in [5.41, 5.74) is 2.37. The molecule has 3 rings (SSSR count). The molecule has 0 saturated carbocycles. The number of hydrogen-bond donors (Lipinski definition) is 2. The van der Waals surface area contributed by atoms with E-state index in [0.29, 0.717) is 5.69 Å². The average Bonchev–Trinajstić information content (AvgIpc) is 3.02. The fraction of sp³-hybridized carbons (Fsp3) is 0.278. The van der Waals surface area contributed by atoms with Crippen molar-refractivity contribution in [2.75, 3.05) is 0 Å². The summed E-state index contributed by atoms with van der Waals surface area (Å²) >= 11 is 0. The lowest BCUT2D eigenvalue weighted by Gasteiger charge is -2.17. The van der Waals surface area contributed by atoms with Gasteiger partial charge in [-0.3, -0.25) is 14.6 Å². The smallest absolute Gasteiger partial charge is 0.308 e. The van der Waals surface area contributed by atoms with Gasteiger partial charge >= 0.3 is 5.97 Å². The van der Waals surface area contributed by atoms with E-state index < -0.39 is 23.8 Å². The molecule has 0 aliphatic rings. The Hall–Kier alpha value is -3.29. The summed E-state index contributed by atoms with van der Waals surface area (Å²) < 4.78 is 1.58. The fourth-order valence-electron chi connectivity index (χ4n) is 2.59. The third-order valence-corrected chi connectivity index (χ3v) is 4.44. The van der Waals surface area contributed by atoms with Crippen LogP contribution in [-0.2, 0) is 4.79 Å². The van der Waals surface area contributed by atoms with Crippen molar-refractivity contribution in [3.63, 3.8) is 0 Å². The normalized spacial score (nSPS) is 13.3. The Kier molecular flexibility index (Phi) is 4.66. The number of carboxylic acid groups (broad SMARTS) is 1. The van der Waals surface area contributed by atoms with Gasteiger partial charge in [0.2, 0.25) is 0 Å². The quantitative estimate of drug-likeness (QED) is 0.725. The highest BCUT2D eigenvalue weighted by molar-refractivity contribution is 5.94. The Bertz CT molecular complexity index is 982. The molecule has 2 atom stereocenters. The number of rotatable bonds is 5. The van der Waals surface area contributed by atoms with Crippen LogP contribution in [-0.4, -0.2) is 43.0 Å². The number of aliphatic carboxylic acids is 1. The van der Waals surface area contributed by atoms with E-state index in [-0.39, 0.29) is 5.69 Å². The summed E-state index contributed by atoms with van der Waals surface area (Å²) in [6.07, 6.45) is 1.73. The van der Waals surface area contributed by atoms with Crippen LogP contribution in [0.3, 0.4) is 0 Å². The van der Waals surface area contributed by atoms with Crippen LogP contribution in [0.4, 0.5) is 0 Å². The predicted molar refractivity (Wildman–Crippen MR) is 95.1 cm³/mol. The molecule has 3 aromatic rings. The minimum atomic E-state index is -0.969. The molecule has 1 amide bonds. The van der Waals surface area contributed by atoms with Gasteiger partial charge in [0.1, 0.15) is 0 Å². The average molecular weight is 353 g/mol. The third kappa shape index (κ3) is 3.26. The Morgan fingerprint density at radius 3 is 2.73 bits per heavy atom. The Morgan fingerprint density at radius 1 is 1.23 bits per heavy atom. The molecule has 0 aliphatic heterocycles. The highest BCUT2D eigenvalue weighted by atomic mass is 16.4. The molecule has 2 heterocycles. The number of aromatic nitrogens is 4. The van der Waals surface area contributed by atoms with E-state index in [0.717, 1.165) is 16.6 Å². The fourth-order valence-corrected chi connectivity index (χ4v) is 2.59. The van der Waals surface area contributed by atoms with Gasteiger partial charge in [-0.15, -0.1) is 5.10 Å². The maximum absolute atomic E-state index is 12.4. The molecule has 8 nitrogen and oxygen atoms in total. The molecule has 0 aliphatic carbocycles. The molecule has 0 radical (unpaired) electrons.